The zero-order valence-corrected chi connectivity index (χ0v) is 21.8. The number of halogens is 2. The van der Waals surface area contributed by atoms with Gasteiger partial charge in [-0.2, -0.15) is 0 Å². The summed E-state index contributed by atoms with van der Waals surface area (Å²) in [5.41, 5.74) is 2.95. The quantitative estimate of drug-likeness (QED) is 0.282. The van der Waals surface area contributed by atoms with Crippen LogP contribution in [0.4, 0.5) is 5.69 Å². The Bertz CT molecular complexity index is 1460. The fraction of sp³-hybridized carbons (Fsp3) is 0.107. The summed E-state index contributed by atoms with van der Waals surface area (Å²) in [7, 11) is -4.11. The number of rotatable bonds is 8. The van der Waals surface area contributed by atoms with Crippen molar-refractivity contribution in [1.82, 2.24) is 5.32 Å². The molecule has 4 aromatic rings. The summed E-state index contributed by atoms with van der Waals surface area (Å²) in [6.45, 7) is 1.49. The van der Waals surface area contributed by atoms with E-state index in [-0.39, 0.29) is 15.6 Å². The van der Waals surface area contributed by atoms with Crippen molar-refractivity contribution in [2.45, 2.75) is 17.9 Å². The molecule has 1 atom stereocenters. The molecule has 0 aliphatic carbocycles. The summed E-state index contributed by atoms with van der Waals surface area (Å²) in [6.07, 6.45) is 0. The highest BCUT2D eigenvalue weighted by atomic mass is 35.5. The first kappa shape index (κ1) is 25.8. The molecule has 0 spiro atoms. The number of nitrogens with one attached hydrogen (secondary N) is 1. The SMILES string of the molecule is Cc1ccccc1[C@H](NC(=O)CN(c1ccc(Cl)cc1Cl)S(=O)(=O)c1ccccc1)c1ccccc1. The Balaban J connectivity index is 1.72. The van der Waals surface area contributed by atoms with Crippen LogP contribution in [0.2, 0.25) is 10.0 Å². The van der Waals surface area contributed by atoms with Crippen molar-refractivity contribution < 1.29 is 13.2 Å². The molecule has 0 heterocycles. The van der Waals surface area contributed by atoms with E-state index in [0.29, 0.717) is 5.02 Å². The second-order valence-corrected chi connectivity index (χ2v) is 10.9. The van der Waals surface area contributed by atoms with Crippen molar-refractivity contribution in [3.05, 3.63) is 130 Å². The van der Waals surface area contributed by atoms with Crippen LogP contribution in [0, 0.1) is 6.92 Å². The number of aryl methyl sites for hydroxylation is 1. The minimum absolute atomic E-state index is 0.0438. The fourth-order valence-electron chi connectivity index (χ4n) is 3.94. The highest BCUT2D eigenvalue weighted by molar-refractivity contribution is 7.92. The van der Waals surface area contributed by atoms with Crippen LogP contribution < -0.4 is 9.62 Å². The van der Waals surface area contributed by atoms with Crippen LogP contribution >= 0.6 is 23.2 Å². The molecule has 0 unspecified atom stereocenters. The van der Waals surface area contributed by atoms with Crippen LogP contribution in [0.25, 0.3) is 0 Å². The number of amides is 1. The molecule has 1 amide bonds. The minimum Gasteiger partial charge on any atom is -0.344 e. The number of carbonyl (C=O) groups is 1. The van der Waals surface area contributed by atoms with Gasteiger partial charge in [0.25, 0.3) is 10.0 Å². The Morgan fingerprint density at radius 1 is 0.861 bits per heavy atom. The predicted molar refractivity (Wildman–Crippen MR) is 145 cm³/mol. The molecule has 4 aromatic carbocycles. The van der Waals surface area contributed by atoms with Gasteiger partial charge in [-0.3, -0.25) is 9.10 Å². The van der Waals surface area contributed by atoms with Crippen molar-refractivity contribution >= 4 is 44.8 Å². The van der Waals surface area contributed by atoms with Gasteiger partial charge in [-0.15, -0.1) is 0 Å². The van der Waals surface area contributed by atoms with E-state index in [1.165, 1.54) is 30.3 Å². The molecule has 5 nitrogen and oxygen atoms in total. The Labute approximate surface area is 221 Å². The molecular weight excluding hydrogens is 515 g/mol. The van der Waals surface area contributed by atoms with Gasteiger partial charge >= 0.3 is 0 Å². The molecule has 0 bridgehead atoms. The Hall–Kier alpha value is -3.32. The van der Waals surface area contributed by atoms with E-state index in [4.69, 9.17) is 23.2 Å². The van der Waals surface area contributed by atoms with E-state index in [9.17, 15) is 13.2 Å². The van der Waals surface area contributed by atoms with E-state index in [2.05, 4.69) is 5.32 Å². The highest BCUT2D eigenvalue weighted by Crippen LogP contribution is 2.33. The summed E-state index contributed by atoms with van der Waals surface area (Å²) < 4.78 is 28.3. The lowest BCUT2D eigenvalue weighted by Crippen LogP contribution is -2.42. The molecule has 0 aliphatic rings. The molecule has 0 aliphatic heterocycles. The second kappa shape index (κ2) is 11.2. The molecule has 0 saturated carbocycles. The smallest absolute Gasteiger partial charge is 0.264 e. The van der Waals surface area contributed by atoms with Crippen molar-refractivity contribution in [3.63, 3.8) is 0 Å². The largest absolute Gasteiger partial charge is 0.344 e. The average molecular weight is 539 g/mol. The Morgan fingerprint density at radius 2 is 1.47 bits per heavy atom. The molecule has 0 saturated heterocycles. The molecule has 36 heavy (non-hydrogen) atoms. The maximum atomic E-state index is 13.6. The van der Waals surface area contributed by atoms with Crippen LogP contribution in [-0.4, -0.2) is 20.9 Å². The predicted octanol–water partition coefficient (Wildman–Crippen LogP) is 6.40. The average Bonchev–Trinajstić information content (AvgIpc) is 2.88. The fourth-order valence-corrected chi connectivity index (χ4v) is 5.96. The molecular formula is C28H24Cl2N2O3S. The van der Waals surface area contributed by atoms with Gasteiger partial charge in [-0.25, -0.2) is 8.42 Å². The minimum atomic E-state index is -4.11. The van der Waals surface area contributed by atoms with E-state index >= 15 is 0 Å². The lowest BCUT2D eigenvalue weighted by molar-refractivity contribution is -0.120. The van der Waals surface area contributed by atoms with E-state index in [0.717, 1.165) is 21.0 Å². The summed E-state index contributed by atoms with van der Waals surface area (Å²) in [5.74, 6) is -0.488. The maximum absolute atomic E-state index is 13.6. The van der Waals surface area contributed by atoms with Crippen molar-refractivity contribution in [3.8, 4) is 0 Å². The van der Waals surface area contributed by atoms with Gasteiger partial charge < -0.3 is 5.32 Å². The molecule has 4 rings (SSSR count). The molecule has 0 radical (unpaired) electrons. The Morgan fingerprint density at radius 3 is 2.11 bits per heavy atom. The third-order valence-electron chi connectivity index (χ3n) is 5.73. The zero-order valence-electron chi connectivity index (χ0n) is 19.4. The molecule has 0 fully saturated rings. The zero-order chi connectivity index (χ0) is 25.7. The number of hydrogen-bond donors (Lipinski definition) is 1. The van der Waals surface area contributed by atoms with Crippen molar-refractivity contribution in [1.29, 1.82) is 0 Å². The van der Waals surface area contributed by atoms with Gasteiger partial charge in [-0.05, 0) is 53.9 Å². The standard InChI is InChI=1S/C28H24Cl2N2O3S/c1-20-10-8-9-15-24(20)28(21-11-4-2-5-12-21)31-27(33)19-32(26-17-16-22(29)18-25(26)30)36(34,35)23-13-6-3-7-14-23/h2-18,28H,19H2,1H3,(H,31,33)/t28-/m1/s1. The number of carbonyl (C=O) groups excluding carboxylic acids is 1. The van der Waals surface area contributed by atoms with Gasteiger partial charge in [0.1, 0.15) is 6.54 Å². The van der Waals surface area contributed by atoms with Crippen LogP contribution in [0.5, 0.6) is 0 Å². The number of sulfonamides is 1. The van der Waals surface area contributed by atoms with Gasteiger partial charge in [0.2, 0.25) is 5.91 Å². The third-order valence-corrected chi connectivity index (χ3v) is 8.05. The number of benzene rings is 4. The van der Waals surface area contributed by atoms with Gasteiger partial charge in [0, 0.05) is 5.02 Å². The monoisotopic (exact) mass is 538 g/mol. The first-order valence-electron chi connectivity index (χ1n) is 11.2. The molecule has 8 heteroatoms. The topological polar surface area (TPSA) is 66.5 Å². The number of anilines is 1. The van der Waals surface area contributed by atoms with E-state index < -0.39 is 28.5 Å². The maximum Gasteiger partial charge on any atom is 0.264 e. The highest BCUT2D eigenvalue weighted by Gasteiger charge is 2.30. The lowest BCUT2D eigenvalue weighted by atomic mass is 9.95. The van der Waals surface area contributed by atoms with Gasteiger partial charge in [0.05, 0.1) is 21.6 Å². The normalized spacial score (nSPS) is 12.1. The summed E-state index contributed by atoms with van der Waals surface area (Å²) in [5, 5.41) is 3.51. The van der Waals surface area contributed by atoms with Crippen LogP contribution in [0.15, 0.2) is 108 Å². The number of nitrogens with zero attached hydrogens (tertiary/aromatic N) is 1. The first-order chi connectivity index (χ1) is 17.3. The van der Waals surface area contributed by atoms with Crippen molar-refractivity contribution in [2.75, 3.05) is 10.8 Å². The second-order valence-electron chi connectivity index (χ2n) is 8.19. The van der Waals surface area contributed by atoms with Gasteiger partial charge in [-0.1, -0.05) is 96.0 Å². The first-order valence-corrected chi connectivity index (χ1v) is 13.4. The lowest BCUT2D eigenvalue weighted by Gasteiger charge is -2.27. The van der Waals surface area contributed by atoms with Crippen LogP contribution in [0.3, 0.4) is 0 Å². The summed E-state index contributed by atoms with van der Waals surface area (Å²) in [6, 6.07) is 29.2. The van der Waals surface area contributed by atoms with E-state index in [1.807, 2.05) is 61.5 Å². The molecule has 184 valence electrons. The third kappa shape index (κ3) is 5.73. The van der Waals surface area contributed by atoms with Crippen LogP contribution in [-0.2, 0) is 14.8 Å². The molecule has 1 N–H and O–H groups in total. The van der Waals surface area contributed by atoms with Gasteiger partial charge in [0.15, 0.2) is 0 Å². The summed E-state index contributed by atoms with van der Waals surface area (Å²) >= 11 is 12.4. The van der Waals surface area contributed by atoms with Crippen molar-refractivity contribution in [2.24, 2.45) is 0 Å². The Kier molecular flexibility index (Phi) is 7.99. The van der Waals surface area contributed by atoms with E-state index in [1.54, 1.807) is 18.2 Å². The molecule has 0 aromatic heterocycles. The number of hydrogen-bond acceptors (Lipinski definition) is 3. The van der Waals surface area contributed by atoms with Crippen LogP contribution in [0.1, 0.15) is 22.7 Å². The summed E-state index contributed by atoms with van der Waals surface area (Å²) in [4.78, 5) is 13.5.